The average Bonchev–Trinajstić information content (AvgIpc) is 2.41. The SMILES string of the molecule is C=C[CH2][Al+2].[O-]c1ccccc1.[O-]c1ccccc1. The van der Waals surface area contributed by atoms with Crippen LogP contribution in [0.5, 0.6) is 11.5 Å². The van der Waals surface area contributed by atoms with E-state index in [9.17, 15) is 10.2 Å². The van der Waals surface area contributed by atoms with Crippen molar-refractivity contribution in [3.8, 4) is 11.5 Å². The molecule has 0 saturated carbocycles. The largest absolute Gasteiger partial charge is 0.872 e. The van der Waals surface area contributed by atoms with Gasteiger partial charge in [-0.25, -0.2) is 0 Å². The summed E-state index contributed by atoms with van der Waals surface area (Å²) < 4.78 is 0. The van der Waals surface area contributed by atoms with Crippen LogP contribution in [0.15, 0.2) is 73.3 Å². The van der Waals surface area contributed by atoms with Crippen LogP contribution in [0.1, 0.15) is 0 Å². The summed E-state index contributed by atoms with van der Waals surface area (Å²) in [6.45, 7) is 3.46. The van der Waals surface area contributed by atoms with E-state index in [0.717, 1.165) is 5.28 Å². The van der Waals surface area contributed by atoms with Crippen molar-refractivity contribution in [3.63, 3.8) is 0 Å². The van der Waals surface area contributed by atoms with Gasteiger partial charge >= 0.3 is 34.2 Å². The molecule has 18 heavy (non-hydrogen) atoms. The number of hydrogen-bond donors (Lipinski definition) is 0. The Hall–Kier alpha value is -1.69. The average molecular weight is 254 g/mol. The fourth-order valence-corrected chi connectivity index (χ4v) is 0.841. The second-order valence-electron chi connectivity index (χ2n) is 3.15. The van der Waals surface area contributed by atoms with Gasteiger partial charge in [-0.2, -0.15) is 0 Å². The molecule has 0 saturated heterocycles. The third-order valence-electron chi connectivity index (χ3n) is 1.65. The van der Waals surface area contributed by atoms with Gasteiger partial charge in [-0.3, -0.25) is 0 Å². The number of benzene rings is 2. The molecule has 0 atom stereocenters. The topological polar surface area (TPSA) is 46.1 Å². The summed E-state index contributed by atoms with van der Waals surface area (Å²) in [6.07, 6.45) is 1.84. The molecule has 0 amide bonds. The first kappa shape index (κ1) is 16.3. The third-order valence-corrected chi connectivity index (χ3v) is 1.99. The standard InChI is InChI=1S/2C6H6O.C3H5.Al/c2*7-6-4-2-1-3-5-6;1-3-2;/h2*1-5,7H;3H,1-2H2;/q;;;+2/p-2. The van der Waals surface area contributed by atoms with Crippen molar-refractivity contribution in [3.05, 3.63) is 73.3 Å². The number of hydrogen-bond acceptors (Lipinski definition) is 2. The first-order chi connectivity index (χ1) is 8.70. The minimum absolute atomic E-state index is 0.0718. The Labute approximate surface area is 117 Å². The van der Waals surface area contributed by atoms with Gasteiger partial charge < -0.3 is 10.2 Å². The molecule has 2 aromatic rings. The van der Waals surface area contributed by atoms with E-state index in [2.05, 4.69) is 22.9 Å². The van der Waals surface area contributed by atoms with Crippen LogP contribution >= 0.6 is 0 Å². The second kappa shape index (κ2) is 11.8. The molecule has 0 aliphatic carbocycles. The van der Waals surface area contributed by atoms with Gasteiger partial charge in [0.2, 0.25) is 0 Å². The molecule has 90 valence electrons. The maximum atomic E-state index is 10.3. The Morgan fingerprint density at radius 3 is 1.22 bits per heavy atom. The van der Waals surface area contributed by atoms with Gasteiger partial charge in [0.05, 0.1) is 0 Å². The van der Waals surface area contributed by atoms with Crippen LogP contribution in [0.4, 0.5) is 0 Å². The minimum atomic E-state index is 0.0718. The van der Waals surface area contributed by atoms with E-state index in [4.69, 9.17) is 0 Å². The van der Waals surface area contributed by atoms with Crippen LogP contribution in [0.2, 0.25) is 5.28 Å². The summed E-state index contributed by atoms with van der Waals surface area (Å²) in [5.41, 5.74) is 0. The van der Waals surface area contributed by atoms with Crippen LogP contribution in [-0.4, -0.2) is 16.3 Å². The van der Waals surface area contributed by atoms with Crippen LogP contribution in [0, 0.1) is 0 Å². The van der Waals surface area contributed by atoms with E-state index in [0.29, 0.717) is 0 Å². The van der Waals surface area contributed by atoms with Gasteiger partial charge in [0, 0.05) is 0 Å². The first-order valence-electron chi connectivity index (χ1n) is 5.45. The van der Waals surface area contributed by atoms with E-state index < -0.39 is 0 Å². The van der Waals surface area contributed by atoms with Crippen molar-refractivity contribution < 1.29 is 10.2 Å². The molecule has 0 heterocycles. The van der Waals surface area contributed by atoms with E-state index in [1.165, 1.54) is 24.3 Å². The predicted molar refractivity (Wildman–Crippen MR) is 72.5 cm³/mol. The normalized spacial score (nSPS) is 8.11. The van der Waals surface area contributed by atoms with Crippen molar-refractivity contribution in [2.24, 2.45) is 0 Å². The third kappa shape index (κ3) is 10.8. The molecule has 0 bridgehead atoms. The van der Waals surface area contributed by atoms with Gasteiger partial charge in [0.25, 0.3) is 0 Å². The quantitative estimate of drug-likeness (QED) is 0.579. The molecule has 0 fully saturated rings. The summed E-state index contributed by atoms with van der Waals surface area (Å²) in [5.74, 6) is 0.144. The molecular weight excluding hydrogens is 239 g/mol. The molecule has 0 spiro atoms. The van der Waals surface area contributed by atoms with Gasteiger partial charge in [0.1, 0.15) is 0 Å². The Kier molecular flexibility index (Phi) is 10.7. The van der Waals surface area contributed by atoms with Gasteiger partial charge in [0.15, 0.2) is 0 Å². The maximum Gasteiger partial charge on any atom is -0.0623 e. The molecule has 2 rings (SSSR count). The molecule has 0 aliphatic rings. The number of rotatable bonds is 1. The predicted octanol–water partition coefficient (Wildman–Crippen LogP) is 2.28. The van der Waals surface area contributed by atoms with Crippen LogP contribution in [-0.2, 0) is 0 Å². The summed E-state index contributed by atoms with van der Waals surface area (Å²) in [7, 11) is 0. The van der Waals surface area contributed by atoms with E-state index in [1.54, 1.807) is 24.3 Å². The second-order valence-corrected chi connectivity index (χ2v) is 3.62. The molecule has 0 aliphatic heterocycles. The molecule has 2 aromatic carbocycles. The van der Waals surface area contributed by atoms with Crippen LogP contribution in [0.25, 0.3) is 0 Å². The molecule has 0 unspecified atom stereocenters. The zero-order valence-corrected chi connectivity index (χ0v) is 11.3. The fourth-order valence-electron chi connectivity index (χ4n) is 0.841. The monoisotopic (exact) mass is 254 g/mol. The Balaban J connectivity index is 0.000000253. The Morgan fingerprint density at radius 1 is 0.833 bits per heavy atom. The van der Waals surface area contributed by atoms with Crippen LogP contribution < -0.4 is 10.2 Å². The van der Waals surface area contributed by atoms with Crippen molar-refractivity contribution in [2.45, 2.75) is 5.28 Å². The maximum absolute atomic E-state index is 10.3. The number of para-hydroxylation sites is 2. The van der Waals surface area contributed by atoms with E-state index in [-0.39, 0.29) is 11.5 Å². The Morgan fingerprint density at radius 2 is 1.11 bits per heavy atom. The smallest absolute Gasteiger partial charge is 0.0623 e. The van der Waals surface area contributed by atoms with Gasteiger partial charge in [-0.05, 0) is 0 Å². The first-order valence-corrected chi connectivity index (χ1v) is 6.27. The van der Waals surface area contributed by atoms with E-state index >= 15 is 0 Å². The van der Waals surface area contributed by atoms with E-state index in [1.807, 2.05) is 18.2 Å². The summed E-state index contributed by atoms with van der Waals surface area (Å²) in [6, 6.07) is 16.7. The molecular formula is C15H15AlO2. The van der Waals surface area contributed by atoms with Gasteiger partial charge in [-0.15, -0.1) is 11.5 Å². The molecule has 0 N–H and O–H groups in total. The molecule has 3 heteroatoms. The zero-order valence-electron chi connectivity index (χ0n) is 10.2. The molecule has 0 aromatic heterocycles. The summed E-state index contributed by atoms with van der Waals surface area (Å²) in [5, 5.41) is 21.5. The minimum Gasteiger partial charge on any atom is -0.872 e. The van der Waals surface area contributed by atoms with Crippen molar-refractivity contribution in [1.29, 1.82) is 0 Å². The molecule has 0 radical (unpaired) electrons. The van der Waals surface area contributed by atoms with Crippen molar-refractivity contribution in [1.82, 2.24) is 0 Å². The summed E-state index contributed by atoms with van der Waals surface area (Å²) >= 11 is 2.54. The van der Waals surface area contributed by atoms with Crippen molar-refractivity contribution >= 4 is 16.3 Å². The summed E-state index contributed by atoms with van der Waals surface area (Å²) in [4.78, 5) is 0. The Bertz CT molecular complexity index is 364. The van der Waals surface area contributed by atoms with Crippen molar-refractivity contribution in [2.75, 3.05) is 0 Å². The molecule has 2 nitrogen and oxygen atoms in total. The fraction of sp³-hybridized carbons (Fsp3) is 0.0667. The van der Waals surface area contributed by atoms with Crippen LogP contribution in [0.3, 0.4) is 0 Å². The zero-order chi connectivity index (χ0) is 13.6. The number of allylic oxidation sites excluding steroid dienone is 1. The van der Waals surface area contributed by atoms with Gasteiger partial charge in [-0.1, -0.05) is 60.7 Å².